The Labute approximate surface area is 146 Å². The summed E-state index contributed by atoms with van der Waals surface area (Å²) in [5, 5.41) is 9.52. The number of pyridine rings is 1. The second kappa shape index (κ2) is 6.19. The van der Waals surface area contributed by atoms with E-state index in [1.165, 1.54) is 17.0 Å². The Morgan fingerprint density at radius 3 is 2.96 bits per heavy atom. The highest BCUT2D eigenvalue weighted by atomic mass is 35.5. The zero-order chi connectivity index (χ0) is 16.7. The monoisotopic (exact) mass is 340 g/mol. The van der Waals surface area contributed by atoms with E-state index in [9.17, 15) is 0 Å². The number of aromatic amines is 1. The molecule has 1 N–H and O–H groups in total. The number of para-hydroxylation sites is 1. The molecule has 5 heteroatoms. The Hall–Kier alpha value is -1.91. The summed E-state index contributed by atoms with van der Waals surface area (Å²) in [7, 11) is 0. The molecule has 3 aromatic rings. The maximum Gasteiger partial charge on any atom is 0.0891 e. The number of benzene rings is 1. The summed E-state index contributed by atoms with van der Waals surface area (Å²) in [5.74, 6) is 0.447. The Morgan fingerprint density at radius 1 is 1.25 bits per heavy atom. The Morgan fingerprint density at radius 2 is 2.12 bits per heavy atom. The molecule has 0 aliphatic carbocycles. The highest BCUT2D eigenvalue weighted by molar-refractivity contribution is 6.35. The van der Waals surface area contributed by atoms with Gasteiger partial charge in [-0.1, -0.05) is 43.6 Å². The fourth-order valence-corrected chi connectivity index (χ4v) is 3.68. The summed E-state index contributed by atoms with van der Waals surface area (Å²) in [4.78, 5) is 7.21. The number of H-pyrrole nitrogens is 1. The van der Waals surface area contributed by atoms with Gasteiger partial charge >= 0.3 is 0 Å². The van der Waals surface area contributed by atoms with E-state index in [0.29, 0.717) is 10.9 Å². The Balaban J connectivity index is 1.58. The number of nitrogens with zero attached hydrogens (tertiary/aromatic N) is 3. The summed E-state index contributed by atoms with van der Waals surface area (Å²) in [6.07, 6.45) is 1.02. The highest BCUT2D eigenvalue weighted by Crippen LogP contribution is 2.27. The molecule has 0 unspecified atom stereocenters. The first-order valence-electron chi connectivity index (χ1n) is 8.44. The lowest BCUT2D eigenvalue weighted by atomic mass is 9.99. The van der Waals surface area contributed by atoms with Crippen molar-refractivity contribution in [2.45, 2.75) is 39.3 Å². The molecule has 1 aromatic carbocycles. The maximum atomic E-state index is 6.29. The Kier molecular flexibility index (Phi) is 4.02. The fraction of sp³-hybridized carbons (Fsp3) is 0.368. The number of rotatable bonds is 3. The summed E-state index contributed by atoms with van der Waals surface area (Å²) in [6.45, 7) is 7.18. The van der Waals surface area contributed by atoms with Crippen molar-refractivity contribution in [3.63, 3.8) is 0 Å². The van der Waals surface area contributed by atoms with Gasteiger partial charge in [-0.05, 0) is 18.1 Å². The quantitative estimate of drug-likeness (QED) is 0.773. The molecule has 1 aliphatic rings. The molecule has 0 amide bonds. The van der Waals surface area contributed by atoms with Crippen molar-refractivity contribution in [1.82, 2.24) is 20.1 Å². The van der Waals surface area contributed by atoms with Crippen LogP contribution in [0.25, 0.3) is 10.9 Å². The van der Waals surface area contributed by atoms with Gasteiger partial charge in [0, 0.05) is 42.7 Å². The topological polar surface area (TPSA) is 44.8 Å². The van der Waals surface area contributed by atoms with Crippen LogP contribution in [0.2, 0.25) is 5.02 Å². The molecule has 124 valence electrons. The minimum Gasteiger partial charge on any atom is -0.293 e. The van der Waals surface area contributed by atoms with Crippen LogP contribution in [0.4, 0.5) is 0 Å². The lowest BCUT2D eigenvalue weighted by molar-refractivity contribution is 0.241. The molecule has 3 heterocycles. The van der Waals surface area contributed by atoms with Gasteiger partial charge in [0.2, 0.25) is 0 Å². The maximum absolute atomic E-state index is 6.29. The molecule has 0 fully saturated rings. The van der Waals surface area contributed by atoms with E-state index in [1.807, 2.05) is 18.2 Å². The largest absolute Gasteiger partial charge is 0.293 e. The minimum atomic E-state index is 0.447. The van der Waals surface area contributed by atoms with Crippen LogP contribution in [0.5, 0.6) is 0 Å². The zero-order valence-corrected chi connectivity index (χ0v) is 14.8. The smallest absolute Gasteiger partial charge is 0.0891 e. The second-order valence-corrected chi connectivity index (χ2v) is 7.20. The van der Waals surface area contributed by atoms with Crippen molar-refractivity contribution in [3.8, 4) is 0 Å². The molecular weight excluding hydrogens is 320 g/mol. The van der Waals surface area contributed by atoms with Crippen LogP contribution in [-0.4, -0.2) is 26.6 Å². The standard InChI is InChI=1S/C19H21ClN4/c1-12(2)18-15-11-24(9-8-17(15)22-23-18)10-14-7-6-13-4-3-5-16(20)19(13)21-14/h3-7,12H,8-11H2,1-2H3,(H,22,23). The van der Waals surface area contributed by atoms with Crippen molar-refractivity contribution in [2.24, 2.45) is 0 Å². The number of hydrogen-bond donors (Lipinski definition) is 1. The van der Waals surface area contributed by atoms with E-state index < -0.39 is 0 Å². The number of fused-ring (bicyclic) bond motifs is 2. The molecule has 0 spiro atoms. The van der Waals surface area contributed by atoms with E-state index >= 15 is 0 Å². The van der Waals surface area contributed by atoms with Gasteiger partial charge in [0.15, 0.2) is 0 Å². The van der Waals surface area contributed by atoms with Gasteiger partial charge in [0.25, 0.3) is 0 Å². The van der Waals surface area contributed by atoms with Crippen molar-refractivity contribution in [1.29, 1.82) is 0 Å². The molecular formula is C19H21ClN4. The average Bonchev–Trinajstić information content (AvgIpc) is 2.99. The van der Waals surface area contributed by atoms with Crippen LogP contribution in [0, 0.1) is 0 Å². The molecule has 4 nitrogen and oxygen atoms in total. The van der Waals surface area contributed by atoms with E-state index in [1.54, 1.807) is 0 Å². The van der Waals surface area contributed by atoms with Gasteiger partial charge in [-0.15, -0.1) is 0 Å². The average molecular weight is 341 g/mol. The predicted molar refractivity (Wildman–Crippen MR) is 97.2 cm³/mol. The van der Waals surface area contributed by atoms with Crippen LogP contribution in [0.3, 0.4) is 0 Å². The molecule has 0 radical (unpaired) electrons. The van der Waals surface area contributed by atoms with Gasteiger partial charge in [-0.2, -0.15) is 5.10 Å². The van der Waals surface area contributed by atoms with Crippen molar-refractivity contribution >= 4 is 22.5 Å². The van der Waals surface area contributed by atoms with Crippen LogP contribution < -0.4 is 0 Å². The number of hydrogen-bond acceptors (Lipinski definition) is 3. The highest BCUT2D eigenvalue weighted by Gasteiger charge is 2.23. The van der Waals surface area contributed by atoms with Gasteiger partial charge in [-0.25, -0.2) is 4.98 Å². The van der Waals surface area contributed by atoms with Crippen molar-refractivity contribution in [3.05, 3.63) is 58.0 Å². The van der Waals surface area contributed by atoms with Crippen LogP contribution in [0.15, 0.2) is 30.3 Å². The molecule has 4 rings (SSSR count). The molecule has 1 aliphatic heterocycles. The SMILES string of the molecule is CC(C)c1n[nH]c2c1CN(Cc1ccc3cccc(Cl)c3n1)CC2. The molecule has 2 aromatic heterocycles. The summed E-state index contributed by atoms with van der Waals surface area (Å²) in [6, 6.07) is 10.1. The fourth-order valence-electron chi connectivity index (χ4n) is 3.45. The lowest BCUT2D eigenvalue weighted by Gasteiger charge is -2.27. The van der Waals surface area contributed by atoms with Gasteiger partial charge in [0.05, 0.1) is 21.9 Å². The second-order valence-electron chi connectivity index (χ2n) is 6.80. The zero-order valence-electron chi connectivity index (χ0n) is 14.0. The molecule has 0 bridgehead atoms. The number of nitrogens with one attached hydrogen (secondary N) is 1. The first-order chi connectivity index (χ1) is 11.6. The van der Waals surface area contributed by atoms with Gasteiger partial charge in [0.1, 0.15) is 0 Å². The van der Waals surface area contributed by atoms with Crippen molar-refractivity contribution in [2.75, 3.05) is 6.54 Å². The van der Waals surface area contributed by atoms with Gasteiger partial charge < -0.3 is 0 Å². The third-order valence-electron chi connectivity index (χ3n) is 4.71. The molecule has 0 saturated carbocycles. The Bertz CT molecular complexity index is 884. The molecule has 24 heavy (non-hydrogen) atoms. The summed E-state index contributed by atoms with van der Waals surface area (Å²) in [5.41, 5.74) is 5.82. The summed E-state index contributed by atoms with van der Waals surface area (Å²) < 4.78 is 0. The third-order valence-corrected chi connectivity index (χ3v) is 5.01. The van der Waals surface area contributed by atoms with Crippen LogP contribution >= 0.6 is 11.6 Å². The number of halogens is 1. The first kappa shape index (κ1) is 15.6. The van der Waals surface area contributed by atoms with Crippen LogP contribution in [-0.2, 0) is 19.5 Å². The van der Waals surface area contributed by atoms with E-state index in [0.717, 1.165) is 42.7 Å². The normalized spacial score (nSPS) is 15.2. The lowest BCUT2D eigenvalue weighted by Crippen LogP contribution is -2.30. The van der Waals surface area contributed by atoms with E-state index in [-0.39, 0.29) is 0 Å². The summed E-state index contributed by atoms with van der Waals surface area (Å²) >= 11 is 6.29. The van der Waals surface area contributed by atoms with E-state index in [4.69, 9.17) is 16.6 Å². The molecule has 0 atom stereocenters. The first-order valence-corrected chi connectivity index (χ1v) is 8.82. The van der Waals surface area contributed by atoms with E-state index in [2.05, 4.69) is 41.1 Å². The number of aromatic nitrogens is 3. The van der Waals surface area contributed by atoms with Crippen molar-refractivity contribution < 1.29 is 0 Å². The molecule has 0 saturated heterocycles. The predicted octanol–water partition coefficient (Wildman–Crippen LogP) is 4.29. The van der Waals surface area contributed by atoms with Gasteiger partial charge in [-0.3, -0.25) is 10.00 Å². The van der Waals surface area contributed by atoms with Crippen LogP contribution in [0.1, 0.15) is 42.4 Å². The third kappa shape index (κ3) is 2.80. The minimum absolute atomic E-state index is 0.447.